The monoisotopic (exact) mass is 493 g/mol. The van der Waals surface area contributed by atoms with Crippen LogP contribution in [-0.2, 0) is 16.2 Å². The number of amides is 3. The van der Waals surface area contributed by atoms with Gasteiger partial charge in [-0.05, 0) is 59.5 Å². The zero-order valence-electron chi connectivity index (χ0n) is 19.4. The Hall–Kier alpha value is -3.39. The van der Waals surface area contributed by atoms with Crippen LogP contribution in [0.5, 0.6) is 0 Å². The lowest BCUT2D eigenvalue weighted by molar-refractivity contribution is -0.123. The van der Waals surface area contributed by atoms with E-state index in [1.807, 2.05) is 24.3 Å². The van der Waals surface area contributed by atoms with Gasteiger partial charge >= 0.3 is 6.03 Å². The summed E-state index contributed by atoms with van der Waals surface area (Å²) in [6, 6.07) is 17.4. The molecule has 2 aliphatic heterocycles. The van der Waals surface area contributed by atoms with Crippen LogP contribution >= 0.6 is 11.8 Å². The molecule has 1 fully saturated rings. The Bertz CT molecular complexity index is 1300. The van der Waals surface area contributed by atoms with Crippen LogP contribution in [0.4, 0.5) is 25.0 Å². The number of nitrogens with one attached hydrogen (secondary N) is 1. The Balaban J connectivity index is 1.49. The first kappa shape index (κ1) is 23.4. The van der Waals surface area contributed by atoms with Gasteiger partial charge in [0.2, 0.25) is 0 Å². The fourth-order valence-electron chi connectivity index (χ4n) is 4.70. The van der Waals surface area contributed by atoms with Gasteiger partial charge in [0.15, 0.2) is 4.87 Å². The second kappa shape index (κ2) is 9.00. The summed E-state index contributed by atoms with van der Waals surface area (Å²) in [5, 5.41) is 2.90. The number of halogens is 2. The molecule has 180 valence electrons. The van der Waals surface area contributed by atoms with E-state index in [1.54, 1.807) is 18.2 Å². The predicted octanol–water partition coefficient (Wildman–Crippen LogP) is 6.07. The summed E-state index contributed by atoms with van der Waals surface area (Å²) in [6.45, 7) is 4.63. The summed E-state index contributed by atoms with van der Waals surface area (Å²) in [7, 11) is 0. The highest BCUT2D eigenvalue weighted by Gasteiger charge is 2.59. The van der Waals surface area contributed by atoms with Crippen molar-refractivity contribution in [3.63, 3.8) is 0 Å². The lowest BCUT2D eigenvalue weighted by atomic mass is 10.0. The van der Waals surface area contributed by atoms with E-state index in [1.165, 1.54) is 45.8 Å². The average Bonchev–Trinajstić information content (AvgIpc) is 3.37. The smallest absolute Gasteiger partial charge is 0.308 e. The molecule has 8 heteroatoms. The zero-order valence-corrected chi connectivity index (χ0v) is 20.2. The molecule has 0 radical (unpaired) electrons. The second-order valence-corrected chi connectivity index (χ2v) is 10.3. The van der Waals surface area contributed by atoms with Crippen LogP contribution in [0.3, 0.4) is 0 Å². The van der Waals surface area contributed by atoms with E-state index in [-0.39, 0.29) is 12.5 Å². The van der Waals surface area contributed by atoms with Gasteiger partial charge in [-0.1, -0.05) is 38.1 Å². The molecule has 0 unspecified atom stereocenters. The molecule has 2 heterocycles. The molecule has 35 heavy (non-hydrogen) atoms. The number of rotatable bonds is 4. The maximum atomic E-state index is 14.4. The van der Waals surface area contributed by atoms with Crippen molar-refractivity contribution in [1.29, 1.82) is 0 Å². The van der Waals surface area contributed by atoms with Crippen molar-refractivity contribution in [2.75, 3.05) is 22.5 Å². The van der Waals surface area contributed by atoms with Crippen molar-refractivity contribution < 1.29 is 18.4 Å². The lowest BCUT2D eigenvalue weighted by Gasteiger charge is -2.33. The van der Waals surface area contributed by atoms with Crippen LogP contribution in [0.1, 0.15) is 36.5 Å². The fraction of sp³-hybridized carbons (Fsp3) is 0.259. The molecule has 0 bridgehead atoms. The fourth-order valence-corrected chi connectivity index (χ4v) is 6.16. The van der Waals surface area contributed by atoms with Gasteiger partial charge in [-0.25, -0.2) is 13.6 Å². The first-order chi connectivity index (χ1) is 16.8. The van der Waals surface area contributed by atoms with Gasteiger partial charge in [-0.15, -0.1) is 11.8 Å². The standard InChI is InChI=1S/C27H25F2N3O2S/c1-17(2)19-6-9-22(10-7-19)30-26(34)32-12-13-35-27(32)23-15-21(29)8-11-24(23)31(25(27)33)16-18-4-3-5-20(28)14-18/h3-11,14-15,17H,12-13,16H2,1-2H3,(H,30,34)/t27-/m0/s1. The molecule has 2 aliphatic rings. The van der Waals surface area contributed by atoms with E-state index in [4.69, 9.17) is 0 Å². The molecule has 1 atom stereocenters. The second-order valence-electron chi connectivity index (χ2n) is 9.03. The molecule has 5 rings (SSSR count). The molecule has 1 N–H and O–H groups in total. The highest BCUT2D eigenvalue weighted by atomic mass is 32.2. The first-order valence-electron chi connectivity index (χ1n) is 11.5. The van der Waals surface area contributed by atoms with E-state index in [0.29, 0.717) is 40.7 Å². The van der Waals surface area contributed by atoms with Crippen LogP contribution < -0.4 is 10.2 Å². The molecular weight excluding hydrogens is 468 g/mol. The Kier molecular flexibility index (Phi) is 6.01. The molecule has 0 aromatic heterocycles. The van der Waals surface area contributed by atoms with Crippen LogP contribution in [-0.4, -0.2) is 29.1 Å². The van der Waals surface area contributed by atoms with Gasteiger partial charge in [0.1, 0.15) is 11.6 Å². The number of urea groups is 1. The number of thioether (sulfide) groups is 1. The van der Waals surface area contributed by atoms with E-state index in [0.717, 1.165) is 5.56 Å². The number of carbonyl (C=O) groups excluding carboxylic acids is 2. The van der Waals surface area contributed by atoms with E-state index in [9.17, 15) is 18.4 Å². The molecular formula is C27H25F2N3O2S. The van der Waals surface area contributed by atoms with Gasteiger partial charge in [0, 0.05) is 23.5 Å². The number of anilines is 2. The summed E-state index contributed by atoms with van der Waals surface area (Å²) in [6.07, 6.45) is 0. The average molecular weight is 494 g/mol. The van der Waals surface area contributed by atoms with Crippen LogP contribution in [0.25, 0.3) is 0 Å². The molecule has 1 saturated heterocycles. The minimum Gasteiger partial charge on any atom is -0.308 e. The zero-order chi connectivity index (χ0) is 24.7. The van der Waals surface area contributed by atoms with E-state index >= 15 is 0 Å². The van der Waals surface area contributed by atoms with Crippen molar-refractivity contribution in [1.82, 2.24) is 4.90 Å². The Labute approximate surface area is 207 Å². The number of nitrogens with zero attached hydrogens (tertiary/aromatic N) is 2. The van der Waals surface area contributed by atoms with Crippen LogP contribution in [0.15, 0.2) is 66.7 Å². The largest absolute Gasteiger partial charge is 0.323 e. The number of benzene rings is 3. The summed E-state index contributed by atoms with van der Waals surface area (Å²) < 4.78 is 28.2. The Morgan fingerprint density at radius 3 is 2.51 bits per heavy atom. The number of hydrogen-bond donors (Lipinski definition) is 1. The third-order valence-electron chi connectivity index (χ3n) is 6.46. The predicted molar refractivity (Wildman–Crippen MR) is 134 cm³/mol. The third kappa shape index (κ3) is 4.05. The summed E-state index contributed by atoms with van der Waals surface area (Å²) in [4.78, 5) is 29.0. The van der Waals surface area contributed by atoms with Gasteiger partial charge in [0.25, 0.3) is 5.91 Å². The molecule has 5 nitrogen and oxygen atoms in total. The maximum Gasteiger partial charge on any atom is 0.323 e. The molecule has 1 spiro atoms. The maximum absolute atomic E-state index is 14.4. The molecule has 3 amide bonds. The molecule has 3 aromatic carbocycles. The molecule has 0 saturated carbocycles. The van der Waals surface area contributed by atoms with Crippen molar-refractivity contribution in [3.8, 4) is 0 Å². The normalized spacial score (nSPS) is 19.1. The minimum absolute atomic E-state index is 0.115. The Morgan fingerprint density at radius 2 is 1.80 bits per heavy atom. The molecule has 0 aliphatic carbocycles. The topological polar surface area (TPSA) is 52.7 Å². The van der Waals surface area contributed by atoms with E-state index < -0.39 is 22.5 Å². The summed E-state index contributed by atoms with van der Waals surface area (Å²) in [5.74, 6) is -0.335. The van der Waals surface area contributed by atoms with Crippen LogP contribution in [0.2, 0.25) is 0 Å². The van der Waals surface area contributed by atoms with E-state index in [2.05, 4.69) is 19.2 Å². The minimum atomic E-state index is -1.38. The Morgan fingerprint density at radius 1 is 1.06 bits per heavy atom. The van der Waals surface area contributed by atoms with Gasteiger partial charge < -0.3 is 10.2 Å². The van der Waals surface area contributed by atoms with Gasteiger partial charge in [-0.2, -0.15) is 0 Å². The quantitative estimate of drug-likeness (QED) is 0.480. The summed E-state index contributed by atoms with van der Waals surface area (Å²) in [5.41, 5.74) is 3.34. The van der Waals surface area contributed by atoms with Crippen LogP contribution in [0, 0.1) is 11.6 Å². The third-order valence-corrected chi connectivity index (χ3v) is 7.88. The highest BCUT2D eigenvalue weighted by Crippen LogP contribution is 2.54. The summed E-state index contributed by atoms with van der Waals surface area (Å²) >= 11 is 1.32. The number of hydrogen-bond acceptors (Lipinski definition) is 3. The van der Waals surface area contributed by atoms with Crippen molar-refractivity contribution >= 4 is 35.1 Å². The number of fused-ring (bicyclic) bond motifs is 2. The van der Waals surface area contributed by atoms with Crippen molar-refractivity contribution in [2.45, 2.75) is 31.2 Å². The van der Waals surface area contributed by atoms with Crippen molar-refractivity contribution in [3.05, 3.63) is 95.1 Å². The van der Waals surface area contributed by atoms with Gasteiger partial charge in [0.05, 0.1) is 12.2 Å². The first-order valence-corrected chi connectivity index (χ1v) is 12.5. The highest BCUT2D eigenvalue weighted by molar-refractivity contribution is 8.01. The van der Waals surface area contributed by atoms with Gasteiger partial charge in [-0.3, -0.25) is 9.69 Å². The van der Waals surface area contributed by atoms with Crippen molar-refractivity contribution in [2.24, 2.45) is 0 Å². The lowest BCUT2D eigenvalue weighted by Crippen LogP contribution is -2.51. The molecule has 3 aromatic rings. The number of carbonyl (C=O) groups is 2. The SMILES string of the molecule is CC(C)c1ccc(NC(=O)N2CCS[C@@]23C(=O)N(Cc2cccc(F)c2)c2ccc(F)cc23)cc1.